The van der Waals surface area contributed by atoms with E-state index in [0.717, 1.165) is 28.2 Å². The number of aliphatic hydroxyl groups excluding tert-OH is 1. The Bertz CT molecular complexity index is 2550. The standard InChI is InChI=1S/C53H62Cl2N6O9.ClH/c1-4-67-23-24-68-25-26-69-34-49-56-31-46(59(49)3)39-14-19-44(20-15-39)70-48-29-43(55)18-13-40(48)32-61-36(2)47(63)28-41(33-62)50(64)58-53(30-38-11-16-42(54)17-12-38)21-8-22-60(35-53)51(65)45(57-52(61)66)27-37-9-6-5-7-10-37;/h5-7,9-20,29,31,36,41,45,62H,4,8,21-28,30,32-35H2,1-3H3,(H,57,66)(H,58,64);1H/t36-,41-,45-,53+;/m0./s1. The number of imidazole rings is 1. The van der Waals surface area contributed by atoms with Gasteiger partial charge < -0.3 is 49.1 Å². The van der Waals surface area contributed by atoms with E-state index >= 15 is 0 Å². The lowest BCUT2D eigenvalue weighted by atomic mass is 9.81. The Morgan fingerprint density at radius 3 is 2.28 bits per heavy atom. The van der Waals surface area contributed by atoms with Crippen molar-refractivity contribution in [3.8, 4) is 22.8 Å². The number of ether oxygens (including phenoxy) is 4. The maximum Gasteiger partial charge on any atom is 0.318 e. The molecule has 1 aromatic heterocycles. The molecule has 2 bridgehead atoms. The fourth-order valence-electron chi connectivity index (χ4n) is 8.93. The molecule has 7 rings (SSSR count). The van der Waals surface area contributed by atoms with Crippen molar-refractivity contribution in [1.82, 2.24) is 30.0 Å². The van der Waals surface area contributed by atoms with Gasteiger partial charge in [0.1, 0.15) is 30.0 Å². The van der Waals surface area contributed by atoms with Gasteiger partial charge in [0.15, 0.2) is 5.78 Å². The van der Waals surface area contributed by atoms with Crippen LogP contribution in [0.1, 0.15) is 55.6 Å². The summed E-state index contributed by atoms with van der Waals surface area (Å²) in [6, 6.07) is 26.4. The van der Waals surface area contributed by atoms with Gasteiger partial charge in [-0.1, -0.05) is 71.7 Å². The van der Waals surface area contributed by atoms with Crippen LogP contribution in [0.5, 0.6) is 11.5 Å². The number of benzene rings is 4. The highest BCUT2D eigenvalue weighted by Crippen LogP contribution is 2.33. The lowest BCUT2D eigenvalue weighted by molar-refractivity contribution is -0.139. The molecular formula is C53H63Cl3N6O9. The predicted molar refractivity (Wildman–Crippen MR) is 274 cm³/mol. The van der Waals surface area contributed by atoms with Crippen molar-refractivity contribution in [1.29, 1.82) is 0 Å². The summed E-state index contributed by atoms with van der Waals surface area (Å²) in [6.07, 6.45) is 3.09. The molecule has 4 aromatic carbocycles. The number of amides is 4. The second kappa shape index (κ2) is 26.3. The average molecular weight is 1030 g/mol. The van der Waals surface area contributed by atoms with Crippen LogP contribution in [0.25, 0.3) is 11.3 Å². The van der Waals surface area contributed by atoms with Crippen LogP contribution in [-0.2, 0) is 61.6 Å². The minimum Gasteiger partial charge on any atom is -0.457 e. The molecule has 2 fully saturated rings. The lowest BCUT2D eigenvalue weighted by Gasteiger charge is -2.45. The number of rotatable bonds is 19. The van der Waals surface area contributed by atoms with Gasteiger partial charge in [0.25, 0.3) is 0 Å². The molecule has 4 atom stereocenters. The highest BCUT2D eigenvalue weighted by atomic mass is 35.5. The number of ketones is 1. The molecule has 2 aliphatic rings. The van der Waals surface area contributed by atoms with Crippen molar-refractivity contribution in [3.63, 3.8) is 0 Å². The van der Waals surface area contributed by atoms with Crippen molar-refractivity contribution in [2.45, 2.75) is 76.7 Å². The van der Waals surface area contributed by atoms with Crippen LogP contribution in [0.2, 0.25) is 10.0 Å². The normalized spacial score (nSPS) is 19.9. The van der Waals surface area contributed by atoms with E-state index in [1.807, 2.05) is 85.3 Å². The number of hydrogen-bond donors (Lipinski definition) is 3. The van der Waals surface area contributed by atoms with Crippen LogP contribution < -0.4 is 15.4 Å². The third-order valence-electron chi connectivity index (χ3n) is 12.9. The fourth-order valence-corrected chi connectivity index (χ4v) is 9.22. The molecule has 4 amide bonds. The van der Waals surface area contributed by atoms with Crippen molar-refractivity contribution in [2.24, 2.45) is 13.0 Å². The van der Waals surface area contributed by atoms with Crippen molar-refractivity contribution in [2.75, 3.05) is 52.7 Å². The fraction of sp³-hybridized carbons (Fsp3) is 0.415. The van der Waals surface area contributed by atoms with E-state index in [9.17, 15) is 24.3 Å². The van der Waals surface area contributed by atoms with Gasteiger partial charge in [0.05, 0.1) is 69.0 Å². The minimum absolute atomic E-state index is 0. The smallest absolute Gasteiger partial charge is 0.318 e. The number of carbonyl (C=O) groups is 4. The first kappa shape index (κ1) is 54.8. The van der Waals surface area contributed by atoms with E-state index in [0.29, 0.717) is 92.6 Å². The number of hydrogen-bond acceptors (Lipinski definition) is 10. The average Bonchev–Trinajstić information content (AvgIpc) is 3.73. The van der Waals surface area contributed by atoms with E-state index in [1.54, 1.807) is 48.4 Å². The van der Waals surface area contributed by atoms with Gasteiger partial charge in [0.2, 0.25) is 11.8 Å². The summed E-state index contributed by atoms with van der Waals surface area (Å²) in [7, 11) is 1.92. The molecule has 5 aromatic rings. The number of aromatic nitrogens is 2. The maximum atomic E-state index is 14.9. The van der Waals surface area contributed by atoms with Crippen LogP contribution in [0.3, 0.4) is 0 Å². The number of halogens is 3. The summed E-state index contributed by atoms with van der Waals surface area (Å²) in [5.74, 6) is -0.841. The first-order valence-corrected chi connectivity index (χ1v) is 24.5. The molecule has 71 heavy (non-hydrogen) atoms. The van der Waals surface area contributed by atoms with Crippen LogP contribution >= 0.6 is 35.6 Å². The zero-order valence-electron chi connectivity index (χ0n) is 40.3. The zero-order valence-corrected chi connectivity index (χ0v) is 42.6. The monoisotopic (exact) mass is 1030 g/mol. The van der Waals surface area contributed by atoms with Crippen molar-refractivity contribution < 1.29 is 43.2 Å². The van der Waals surface area contributed by atoms with Gasteiger partial charge in [-0.2, -0.15) is 0 Å². The molecule has 3 N–H and O–H groups in total. The van der Waals surface area contributed by atoms with Crippen LogP contribution in [-0.4, -0.2) is 118 Å². The Balaban J connectivity index is 0.00000825. The molecule has 18 heteroatoms. The third kappa shape index (κ3) is 14.8. The number of aliphatic hydroxyl groups is 1. The first-order chi connectivity index (χ1) is 33.8. The molecule has 3 heterocycles. The Morgan fingerprint density at radius 2 is 1.56 bits per heavy atom. The Hall–Kier alpha value is -5.52. The van der Waals surface area contributed by atoms with Gasteiger partial charge in [-0.3, -0.25) is 14.4 Å². The summed E-state index contributed by atoms with van der Waals surface area (Å²) in [6.45, 7) is 6.23. The minimum atomic E-state index is -1.12. The molecule has 2 saturated heterocycles. The number of carbonyl (C=O) groups excluding carboxylic acids is 4. The van der Waals surface area contributed by atoms with Crippen molar-refractivity contribution in [3.05, 3.63) is 136 Å². The van der Waals surface area contributed by atoms with Gasteiger partial charge in [0, 0.05) is 60.8 Å². The number of Topliss-reactive ketones (excluding diaryl/α,β-unsaturated/α-hetero) is 1. The summed E-state index contributed by atoms with van der Waals surface area (Å²) in [5.41, 5.74) is 3.07. The lowest BCUT2D eigenvalue weighted by Crippen LogP contribution is -2.64. The SMILES string of the molecule is CCOCCOCCOCc1ncc(-c2ccc(Oc3cc(Cl)ccc3CN3C(=O)N[C@@H](Cc4ccccc4)C(=O)N4CCC[C@@](Cc5ccc(Cl)cc5)(C4)NC(=O)[C@H](CO)CC(=O)[C@@H]3C)cc2)n1C.Cl. The Labute approximate surface area is 431 Å². The van der Waals surface area contributed by atoms with Crippen LogP contribution in [0.4, 0.5) is 4.79 Å². The van der Waals surface area contributed by atoms with Gasteiger partial charge in [-0.15, -0.1) is 12.4 Å². The topological polar surface area (TPSA) is 174 Å². The summed E-state index contributed by atoms with van der Waals surface area (Å²) in [5, 5.41) is 17.8. The number of fused-ring (bicyclic) bond motifs is 2. The summed E-state index contributed by atoms with van der Waals surface area (Å²) >= 11 is 12.8. The van der Waals surface area contributed by atoms with E-state index in [2.05, 4.69) is 15.6 Å². The Morgan fingerprint density at radius 1 is 0.859 bits per heavy atom. The summed E-state index contributed by atoms with van der Waals surface area (Å²) < 4.78 is 25.0. The number of nitrogens with one attached hydrogen (secondary N) is 2. The number of urea groups is 1. The van der Waals surface area contributed by atoms with E-state index in [1.165, 1.54) is 4.90 Å². The van der Waals surface area contributed by atoms with Gasteiger partial charge in [-0.05, 0) is 92.8 Å². The molecule has 0 aliphatic carbocycles. The molecular weight excluding hydrogens is 971 g/mol. The number of nitrogens with zero attached hydrogens (tertiary/aromatic N) is 4. The maximum absolute atomic E-state index is 14.9. The molecule has 380 valence electrons. The highest BCUT2D eigenvalue weighted by Gasteiger charge is 2.43. The van der Waals surface area contributed by atoms with E-state index in [-0.39, 0.29) is 44.2 Å². The highest BCUT2D eigenvalue weighted by molar-refractivity contribution is 6.31. The quantitative estimate of drug-likeness (QED) is 0.0689. The summed E-state index contributed by atoms with van der Waals surface area (Å²) in [4.78, 5) is 65.9. The molecule has 0 spiro atoms. The largest absolute Gasteiger partial charge is 0.457 e. The van der Waals surface area contributed by atoms with E-state index < -0.39 is 47.9 Å². The first-order valence-electron chi connectivity index (χ1n) is 23.8. The molecule has 15 nitrogen and oxygen atoms in total. The predicted octanol–water partition coefficient (Wildman–Crippen LogP) is 7.99. The van der Waals surface area contributed by atoms with Crippen molar-refractivity contribution >= 4 is 59.2 Å². The van der Waals surface area contributed by atoms with E-state index in [4.69, 9.17) is 42.1 Å². The Kier molecular flexibility index (Phi) is 20.3. The van der Waals surface area contributed by atoms with Gasteiger partial charge >= 0.3 is 6.03 Å². The zero-order chi connectivity index (χ0) is 49.6. The third-order valence-corrected chi connectivity index (χ3v) is 13.3. The van der Waals surface area contributed by atoms with Crippen LogP contribution in [0.15, 0.2) is 103 Å². The molecule has 2 aliphatic heterocycles. The second-order valence-electron chi connectivity index (χ2n) is 17.8. The molecule has 0 radical (unpaired) electrons. The molecule has 0 saturated carbocycles. The number of piperidine rings is 1. The molecule has 0 unspecified atom stereocenters. The van der Waals surface area contributed by atoms with Crippen LogP contribution in [0, 0.1) is 5.92 Å². The van der Waals surface area contributed by atoms with Gasteiger partial charge in [-0.25, -0.2) is 9.78 Å². The second-order valence-corrected chi connectivity index (χ2v) is 18.7.